The van der Waals surface area contributed by atoms with Crippen LogP contribution in [-0.2, 0) is 0 Å². The van der Waals surface area contributed by atoms with Crippen molar-refractivity contribution in [2.45, 2.75) is 0 Å². The third-order valence-corrected chi connectivity index (χ3v) is 4.73. The summed E-state index contributed by atoms with van der Waals surface area (Å²) in [7, 11) is 3.00. The van der Waals surface area contributed by atoms with Crippen molar-refractivity contribution in [1.82, 2.24) is 0 Å². The zero-order valence-corrected chi connectivity index (χ0v) is 16.8. The Bertz CT molecular complexity index is 1290. The van der Waals surface area contributed by atoms with Gasteiger partial charge in [-0.2, -0.15) is 0 Å². The van der Waals surface area contributed by atoms with Crippen LogP contribution in [0.2, 0.25) is 5.02 Å². The zero-order valence-electron chi connectivity index (χ0n) is 16.0. The van der Waals surface area contributed by atoms with Crippen molar-refractivity contribution in [1.29, 1.82) is 0 Å². The predicted molar refractivity (Wildman–Crippen MR) is 113 cm³/mol. The minimum Gasteiger partial charge on any atom is -0.493 e. The third-order valence-electron chi connectivity index (χ3n) is 4.50. The van der Waals surface area contributed by atoms with Crippen molar-refractivity contribution >= 4 is 34.4 Å². The zero-order chi connectivity index (χ0) is 21.3. The highest BCUT2D eigenvalue weighted by Crippen LogP contribution is 2.35. The number of rotatable bonds is 5. The number of fused-ring (bicyclic) bond motifs is 1. The molecule has 30 heavy (non-hydrogen) atoms. The Morgan fingerprint density at radius 1 is 1.03 bits per heavy atom. The number of methoxy groups -OCH3 is 2. The first-order valence-corrected chi connectivity index (χ1v) is 9.23. The van der Waals surface area contributed by atoms with E-state index in [4.69, 9.17) is 29.9 Å². The fourth-order valence-electron chi connectivity index (χ4n) is 3.08. The molecule has 0 unspecified atom stereocenters. The van der Waals surface area contributed by atoms with Crippen LogP contribution in [0.3, 0.4) is 0 Å². The van der Waals surface area contributed by atoms with Crippen LogP contribution in [0.5, 0.6) is 11.5 Å². The number of furan rings is 1. The molecule has 0 aliphatic carbocycles. The predicted octanol–water partition coefficient (Wildman–Crippen LogP) is 4.98. The van der Waals surface area contributed by atoms with Gasteiger partial charge in [0.1, 0.15) is 5.58 Å². The molecule has 0 aliphatic heterocycles. The van der Waals surface area contributed by atoms with Gasteiger partial charge in [0.25, 0.3) is 5.91 Å². The summed E-state index contributed by atoms with van der Waals surface area (Å²) in [4.78, 5) is 25.9. The van der Waals surface area contributed by atoms with E-state index in [2.05, 4.69) is 5.32 Å². The van der Waals surface area contributed by atoms with Crippen molar-refractivity contribution < 1.29 is 23.1 Å². The molecule has 2 aromatic carbocycles. The number of nitrogens with one attached hydrogen (secondary N) is 1. The number of benzene rings is 2. The molecule has 0 fully saturated rings. The highest BCUT2D eigenvalue weighted by atomic mass is 35.5. The fourth-order valence-corrected chi connectivity index (χ4v) is 3.25. The number of anilines is 1. The van der Waals surface area contributed by atoms with E-state index in [-0.39, 0.29) is 33.6 Å². The van der Waals surface area contributed by atoms with Gasteiger partial charge in [-0.25, -0.2) is 0 Å². The van der Waals surface area contributed by atoms with Crippen LogP contribution in [0.15, 0.2) is 68.4 Å². The number of ether oxygens (including phenoxy) is 2. The standard InChI is InChI=1S/C22H16ClNO6/c1-27-16-7-5-12(10-18(16)28-2)19-20(25)14-11-13(23)6-8-15(14)30-22(19)24-21(26)17-4-3-9-29-17/h3-11H,1-2H3,(H,24,26). The Morgan fingerprint density at radius 3 is 2.53 bits per heavy atom. The third kappa shape index (κ3) is 3.51. The van der Waals surface area contributed by atoms with Crippen molar-refractivity contribution in [2.24, 2.45) is 0 Å². The molecule has 0 spiro atoms. The molecule has 0 saturated carbocycles. The summed E-state index contributed by atoms with van der Waals surface area (Å²) >= 11 is 6.07. The maximum absolute atomic E-state index is 13.4. The Morgan fingerprint density at radius 2 is 1.83 bits per heavy atom. The minimum absolute atomic E-state index is 0.0246. The van der Waals surface area contributed by atoms with E-state index in [1.54, 1.807) is 36.4 Å². The van der Waals surface area contributed by atoms with Gasteiger partial charge < -0.3 is 18.3 Å². The topological polar surface area (TPSA) is 90.9 Å². The van der Waals surface area contributed by atoms with E-state index in [1.807, 2.05) is 0 Å². The summed E-state index contributed by atoms with van der Waals surface area (Å²) in [5, 5.41) is 3.29. The van der Waals surface area contributed by atoms with Gasteiger partial charge in [-0.05, 0) is 48.0 Å². The Hall–Kier alpha value is -3.71. The molecule has 0 atom stereocenters. The normalized spacial score (nSPS) is 10.8. The van der Waals surface area contributed by atoms with E-state index in [9.17, 15) is 9.59 Å². The first-order chi connectivity index (χ1) is 14.5. The van der Waals surface area contributed by atoms with E-state index in [0.717, 1.165) is 0 Å². The van der Waals surface area contributed by atoms with Crippen LogP contribution in [0.1, 0.15) is 10.6 Å². The largest absolute Gasteiger partial charge is 0.493 e. The molecule has 152 valence electrons. The molecule has 2 aromatic heterocycles. The molecule has 0 bridgehead atoms. The molecule has 8 heteroatoms. The molecule has 4 rings (SSSR count). The van der Waals surface area contributed by atoms with E-state index in [1.165, 1.54) is 32.6 Å². The highest BCUT2D eigenvalue weighted by molar-refractivity contribution is 6.31. The van der Waals surface area contributed by atoms with Crippen LogP contribution < -0.4 is 20.2 Å². The maximum atomic E-state index is 13.4. The first-order valence-electron chi connectivity index (χ1n) is 8.85. The van der Waals surface area contributed by atoms with Crippen molar-refractivity contribution in [3.63, 3.8) is 0 Å². The summed E-state index contributed by atoms with van der Waals surface area (Å²) in [5.74, 6) is 0.410. The molecule has 4 aromatic rings. The van der Waals surface area contributed by atoms with Gasteiger partial charge in [-0.1, -0.05) is 17.7 Å². The lowest BCUT2D eigenvalue weighted by molar-refractivity contribution is 0.0994. The lowest BCUT2D eigenvalue weighted by Crippen LogP contribution is -2.16. The number of amides is 1. The highest BCUT2D eigenvalue weighted by Gasteiger charge is 2.21. The molecule has 0 radical (unpaired) electrons. The second-order valence-corrected chi connectivity index (χ2v) is 6.71. The van der Waals surface area contributed by atoms with E-state index < -0.39 is 5.91 Å². The number of carbonyl (C=O) groups is 1. The lowest BCUT2D eigenvalue weighted by atomic mass is 10.0. The molecule has 0 aliphatic rings. The van der Waals surface area contributed by atoms with E-state index >= 15 is 0 Å². The smallest absolute Gasteiger partial charge is 0.293 e. The number of hydrogen-bond donors (Lipinski definition) is 1. The first kappa shape index (κ1) is 19.6. The van der Waals surface area contributed by atoms with Gasteiger partial charge in [0.15, 0.2) is 17.3 Å². The number of hydrogen-bond acceptors (Lipinski definition) is 6. The fraction of sp³-hybridized carbons (Fsp3) is 0.0909. The van der Waals surface area contributed by atoms with Crippen LogP contribution in [0.25, 0.3) is 22.1 Å². The molecule has 1 N–H and O–H groups in total. The van der Waals surface area contributed by atoms with Crippen LogP contribution >= 0.6 is 11.6 Å². The summed E-state index contributed by atoms with van der Waals surface area (Å²) < 4.78 is 21.6. The molecular formula is C22H16ClNO6. The van der Waals surface area contributed by atoms with Gasteiger partial charge in [-0.15, -0.1) is 0 Å². The van der Waals surface area contributed by atoms with Crippen molar-refractivity contribution in [3.05, 3.63) is 75.8 Å². The average Bonchev–Trinajstić information content (AvgIpc) is 3.29. The average molecular weight is 426 g/mol. The van der Waals surface area contributed by atoms with Crippen molar-refractivity contribution in [2.75, 3.05) is 19.5 Å². The Labute approximate surface area is 175 Å². The van der Waals surface area contributed by atoms with Gasteiger partial charge >= 0.3 is 0 Å². The maximum Gasteiger partial charge on any atom is 0.293 e. The van der Waals surface area contributed by atoms with E-state index in [0.29, 0.717) is 22.1 Å². The second-order valence-electron chi connectivity index (χ2n) is 6.28. The quantitative estimate of drug-likeness (QED) is 0.485. The summed E-state index contributed by atoms with van der Waals surface area (Å²) in [6.07, 6.45) is 1.38. The molecular weight excluding hydrogens is 410 g/mol. The molecule has 2 heterocycles. The molecule has 0 saturated heterocycles. The van der Waals surface area contributed by atoms with Crippen LogP contribution in [-0.4, -0.2) is 20.1 Å². The van der Waals surface area contributed by atoms with Gasteiger partial charge in [-0.3, -0.25) is 14.9 Å². The van der Waals surface area contributed by atoms with Gasteiger partial charge in [0.05, 0.1) is 31.4 Å². The summed E-state index contributed by atoms with van der Waals surface area (Å²) in [5.41, 5.74) is 0.535. The van der Waals surface area contributed by atoms with Gasteiger partial charge in [0.2, 0.25) is 11.3 Å². The van der Waals surface area contributed by atoms with Crippen LogP contribution in [0, 0.1) is 0 Å². The summed E-state index contributed by atoms with van der Waals surface area (Å²) in [6.45, 7) is 0. The van der Waals surface area contributed by atoms with Crippen molar-refractivity contribution in [3.8, 4) is 22.6 Å². The monoisotopic (exact) mass is 425 g/mol. The number of carbonyl (C=O) groups excluding carboxylic acids is 1. The summed E-state index contributed by atoms with van der Waals surface area (Å²) in [6, 6.07) is 12.7. The molecule has 7 nitrogen and oxygen atoms in total. The molecule has 1 amide bonds. The minimum atomic E-state index is -0.557. The lowest BCUT2D eigenvalue weighted by Gasteiger charge is -2.13. The Kier molecular flexibility index (Phi) is 5.20. The Balaban J connectivity index is 1.94. The van der Waals surface area contributed by atoms with Crippen LogP contribution in [0.4, 0.5) is 5.88 Å². The number of halogens is 1. The van der Waals surface area contributed by atoms with Gasteiger partial charge in [0, 0.05) is 5.02 Å². The SMILES string of the molecule is COc1ccc(-c2c(NC(=O)c3ccco3)oc3ccc(Cl)cc3c2=O)cc1OC. The second kappa shape index (κ2) is 7.96.